The Bertz CT molecular complexity index is 1140. The average molecular weight is 421 g/mol. The van der Waals surface area contributed by atoms with Crippen molar-refractivity contribution in [3.63, 3.8) is 0 Å². The minimum atomic E-state index is -0.729. The summed E-state index contributed by atoms with van der Waals surface area (Å²) < 4.78 is 16.9. The minimum Gasteiger partial charge on any atom is -0.494 e. The zero-order valence-electron chi connectivity index (χ0n) is 18.3. The van der Waals surface area contributed by atoms with Gasteiger partial charge in [-0.2, -0.15) is 0 Å². The number of benzene rings is 2. The standard InChI is InChI=1S/C25H27NO5/c1-5-30-17-11-10-14-8-6-7-9-15(14)19(17)21-20-16(27)12-25(2,3)13-18(20)31-23(26)22(21)24(28)29-4/h6-11,21H,5,12-13,26H2,1-4H3/t21-/m1/s1. The molecule has 0 bridgehead atoms. The predicted molar refractivity (Wildman–Crippen MR) is 117 cm³/mol. The van der Waals surface area contributed by atoms with Crippen molar-refractivity contribution in [2.75, 3.05) is 13.7 Å². The van der Waals surface area contributed by atoms with Gasteiger partial charge in [-0.15, -0.1) is 0 Å². The summed E-state index contributed by atoms with van der Waals surface area (Å²) in [7, 11) is 1.29. The molecule has 0 amide bonds. The lowest BCUT2D eigenvalue weighted by atomic mass is 9.69. The molecule has 0 fully saturated rings. The highest BCUT2D eigenvalue weighted by Gasteiger charge is 2.46. The second-order valence-electron chi connectivity index (χ2n) is 8.71. The van der Waals surface area contributed by atoms with Gasteiger partial charge in [-0.1, -0.05) is 44.2 Å². The Morgan fingerprint density at radius 3 is 2.65 bits per heavy atom. The second-order valence-corrected chi connectivity index (χ2v) is 8.71. The van der Waals surface area contributed by atoms with Gasteiger partial charge in [0.2, 0.25) is 5.88 Å². The van der Waals surface area contributed by atoms with E-state index >= 15 is 0 Å². The lowest BCUT2D eigenvalue weighted by molar-refractivity contribution is -0.136. The van der Waals surface area contributed by atoms with Gasteiger partial charge in [0.25, 0.3) is 0 Å². The molecule has 0 saturated carbocycles. The Labute approximate surface area is 181 Å². The third-order valence-corrected chi connectivity index (χ3v) is 5.88. The van der Waals surface area contributed by atoms with E-state index in [2.05, 4.69) is 0 Å². The summed E-state index contributed by atoms with van der Waals surface area (Å²) >= 11 is 0. The number of fused-ring (bicyclic) bond motifs is 1. The molecule has 6 heteroatoms. The third kappa shape index (κ3) is 3.56. The van der Waals surface area contributed by atoms with E-state index < -0.39 is 11.9 Å². The van der Waals surface area contributed by atoms with Crippen molar-refractivity contribution in [1.29, 1.82) is 0 Å². The van der Waals surface area contributed by atoms with Gasteiger partial charge in [0.05, 0.1) is 19.6 Å². The molecule has 2 N–H and O–H groups in total. The molecule has 1 heterocycles. The molecule has 1 atom stereocenters. The van der Waals surface area contributed by atoms with Crippen LogP contribution in [-0.4, -0.2) is 25.5 Å². The summed E-state index contributed by atoms with van der Waals surface area (Å²) in [6.45, 7) is 6.38. The predicted octanol–water partition coefficient (Wildman–Crippen LogP) is 4.34. The van der Waals surface area contributed by atoms with E-state index in [1.54, 1.807) is 0 Å². The monoisotopic (exact) mass is 421 g/mol. The van der Waals surface area contributed by atoms with Crippen molar-refractivity contribution in [3.8, 4) is 5.75 Å². The van der Waals surface area contributed by atoms with E-state index in [1.807, 2.05) is 57.2 Å². The van der Waals surface area contributed by atoms with E-state index in [9.17, 15) is 9.59 Å². The van der Waals surface area contributed by atoms with Crippen LogP contribution in [-0.2, 0) is 19.1 Å². The topological polar surface area (TPSA) is 87.8 Å². The third-order valence-electron chi connectivity index (χ3n) is 5.88. The zero-order chi connectivity index (χ0) is 22.3. The Morgan fingerprint density at radius 2 is 1.94 bits per heavy atom. The fourth-order valence-electron chi connectivity index (χ4n) is 4.64. The summed E-state index contributed by atoms with van der Waals surface area (Å²) in [5, 5.41) is 1.86. The van der Waals surface area contributed by atoms with Crippen molar-refractivity contribution in [2.24, 2.45) is 11.1 Å². The van der Waals surface area contributed by atoms with Crippen LogP contribution in [0.25, 0.3) is 10.8 Å². The van der Waals surface area contributed by atoms with Crippen LogP contribution in [0.1, 0.15) is 45.1 Å². The van der Waals surface area contributed by atoms with Crippen LogP contribution in [0.5, 0.6) is 5.75 Å². The molecule has 1 aliphatic heterocycles. The molecule has 2 aromatic rings. The van der Waals surface area contributed by atoms with Crippen molar-refractivity contribution in [2.45, 2.75) is 39.5 Å². The number of ketones is 1. The van der Waals surface area contributed by atoms with Gasteiger partial charge in [-0.25, -0.2) is 4.79 Å². The maximum absolute atomic E-state index is 13.4. The van der Waals surface area contributed by atoms with Crippen LogP contribution in [0.4, 0.5) is 0 Å². The number of rotatable bonds is 4. The van der Waals surface area contributed by atoms with Crippen LogP contribution >= 0.6 is 0 Å². The van der Waals surface area contributed by atoms with Gasteiger partial charge in [-0.3, -0.25) is 4.79 Å². The molecule has 4 rings (SSSR count). The normalized spacial score (nSPS) is 20.4. The molecule has 31 heavy (non-hydrogen) atoms. The molecular formula is C25H27NO5. The van der Waals surface area contributed by atoms with Gasteiger partial charge < -0.3 is 19.9 Å². The van der Waals surface area contributed by atoms with Gasteiger partial charge in [0.1, 0.15) is 17.1 Å². The van der Waals surface area contributed by atoms with Gasteiger partial charge in [0.15, 0.2) is 5.78 Å². The summed E-state index contributed by atoms with van der Waals surface area (Å²) in [5.41, 5.74) is 7.33. The SMILES string of the molecule is CCOc1ccc2ccccc2c1[C@H]1C(C(=O)OC)=C(N)OC2=C1C(=O)CC(C)(C)C2. The highest BCUT2D eigenvalue weighted by molar-refractivity contribution is 6.05. The largest absolute Gasteiger partial charge is 0.494 e. The minimum absolute atomic E-state index is 0.0310. The van der Waals surface area contributed by atoms with E-state index in [4.69, 9.17) is 19.9 Å². The van der Waals surface area contributed by atoms with Crippen LogP contribution < -0.4 is 10.5 Å². The van der Waals surface area contributed by atoms with E-state index in [0.29, 0.717) is 36.5 Å². The highest BCUT2D eigenvalue weighted by atomic mass is 16.5. The maximum atomic E-state index is 13.4. The number of Topliss-reactive ketones (excluding diaryl/α,β-unsaturated/α-hetero) is 1. The van der Waals surface area contributed by atoms with Gasteiger partial charge >= 0.3 is 5.97 Å². The number of hydrogen-bond donors (Lipinski definition) is 1. The Morgan fingerprint density at radius 1 is 1.19 bits per heavy atom. The molecule has 0 aromatic heterocycles. The molecule has 0 radical (unpaired) electrons. The highest BCUT2D eigenvalue weighted by Crippen LogP contribution is 2.51. The molecule has 2 aliphatic rings. The Kier molecular flexibility index (Phi) is 5.25. The number of methoxy groups -OCH3 is 1. The zero-order valence-corrected chi connectivity index (χ0v) is 18.3. The maximum Gasteiger partial charge on any atom is 0.340 e. The first-order valence-electron chi connectivity index (χ1n) is 10.4. The first kappa shape index (κ1) is 21.0. The average Bonchev–Trinajstić information content (AvgIpc) is 2.71. The molecule has 6 nitrogen and oxygen atoms in total. The summed E-state index contributed by atoms with van der Waals surface area (Å²) in [5.74, 6) is -0.315. The molecule has 0 saturated heterocycles. The Hall–Kier alpha value is -3.28. The molecule has 2 aromatic carbocycles. The van der Waals surface area contributed by atoms with Crippen LogP contribution in [0.3, 0.4) is 0 Å². The fourth-order valence-corrected chi connectivity index (χ4v) is 4.64. The van der Waals surface area contributed by atoms with Crippen molar-refractivity contribution in [3.05, 3.63) is 64.8 Å². The smallest absolute Gasteiger partial charge is 0.340 e. The summed E-state index contributed by atoms with van der Waals surface area (Å²) in [6.07, 6.45) is 0.906. The van der Waals surface area contributed by atoms with E-state index in [1.165, 1.54) is 7.11 Å². The van der Waals surface area contributed by atoms with E-state index in [-0.39, 0.29) is 22.7 Å². The number of allylic oxidation sites excluding steroid dienone is 2. The molecule has 0 unspecified atom stereocenters. The fraction of sp³-hybridized carbons (Fsp3) is 0.360. The number of carbonyl (C=O) groups excluding carboxylic acids is 2. The quantitative estimate of drug-likeness (QED) is 0.739. The van der Waals surface area contributed by atoms with Gasteiger partial charge in [0, 0.05) is 24.0 Å². The summed E-state index contributed by atoms with van der Waals surface area (Å²) in [4.78, 5) is 26.3. The lowest BCUT2D eigenvalue weighted by Crippen LogP contribution is -2.35. The number of esters is 1. The van der Waals surface area contributed by atoms with E-state index in [0.717, 1.165) is 16.3 Å². The molecule has 0 spiro atoms. The van der Waals surface area contributed by atoms with Crippen molar-refractivity contribution >= 4 is 22.5 Å². The first-order chi connectivity index (χ1) is 14.8. The molecule has 162 valence electrons. The van der Waals surface area contributed by atoms with Crippen molar-refractivity contribution in [1.82, 2.24) is 0 Å². The van der Waals surface area contributed by atoms with Crippen LogP contribution in [0.2, 0.25) is 0 Å². The molecular weight excluding hydrogens is 394 g/mol. The number of carbonyl (C=O) groups is 2. The summed E-state index contributed by atoms with van der Waals surface area (Å²) in [6, 6.07) is 11.7. The van der Waals surface area contributed by atoms with Gasteiger partial charge in [-0.05, 0) is 29.2 Å². The van der Waals surface area contributed by atoms with Crippen LogP contribution in [0, 0.1) is 5.41 Å². The number of hydrogen-bond acceptors (Lipinski definition) is 6. The van der Waals surface area contributed by atoms with Crippen LogP contribution in [0.15, 0.2) is 59.2 Å². The lowest BCUT2D eigenvalue weighted by Gasteiger charge is -2.38. The molecule has 1 aliphatic carbocycles. The first-order valence-corrected chi connectivity index (χ1v) is 10.4. The number of ether oxygens (including phenoxy) is 3. The second kappa shape index (κ2) is 7.76. The Balaban J connectivity index is 2.06. The number of nitrogens with two attached hydrogens (primary N) is 1. The van der Waals surface area contributed by atoms with Crippen molar-refractivity contribution < 1.29 is 23.8 Å².